The second-order valence-corrected chi connectivity index (χ2v) is 5.82. The van der Waals surface area contributed by atoms with Crippen LogP contribution in [0.15, 0.2) is 59.4 Å². The molecule has 0 radical (unpaired) electrons. The van der Waals surface area contributed by atoms with Crippen molar-refractivity contribution < 1.29 is 19.8 Å². The minimum absolute atomic E-state index is 0.00585. The van der Waals surface area contributed by atoms with E-state index in [9.17, 15) is 24.6 Å². The molecule has 0 saturated carbocycles. The van der Waals surface area contributed by atoms with Crippen LogP contribution in [0.1, 0.15) is 15.9 Å². The smallest absolute Gasteiger partial charge is 0.326 e. The molecule has 1 amide bonds. The van der Waals surface area contributed by atoms with Gasteiger partial charge in [0.15, 0.2) is 0 Å². The van der Waals surface area contributed by atoms with Crippen molar-refractivity contribution in [2.45, 2.75) is 12.5 Å². The topological polar surface area (TPSA) is 119 Å². The number of hydrogen-bond donors (Lipinski definition) is 4. The number of benzene rings is 2. The second kappa shape index (κ2) is 7.10. The summed E-state index contributed by atoms with van der Waals surface area (Å²) in [4.78, 5) is 38.4. The molecule has 0 fully saturated rings. The summed E-state index contributed by atoms with van der Waals surface area (Å²) in [5, 5.41) is 21.9. The molecule has 3 aromatic rings. The average Bonchev–Trinajstić information content (AvgIpc) is 2.61. The Morgan fingerprint density at radius 3 is 2.46 bits per heavy atom. The van der Waals surface area contributed by atoms with Crippen molar-refractivity contribution in [1.82, 2.24) is 10.3 Å². The number of aromatic nitrogens is 1. The Labute approximate surface area is 147 Å². The Balaban J connectivity index is 1.88. The normalized spacial score (nSPS) is 11.8. The summed E-state index contributed by atoms with van der Waals surface area (Å²) in [6.07, 6.45) is -0.0381. The Bertz CT molecular complexity index is 1020. The number of para-hydroxylation sites is 1. The highest BCUT2D eigenvalue weighted by atomic mass is 16.4. The minimum Gasteiger partial charge on any atom is -0.508 e. The number of carbonyl (C=O) groups is 2. The summed E-state index contributed by atoms with van der Waals surface area (Å²) in [7, 11) is 0. The van der Waals surface area contributed by atoms with E-state index in [2.05, 4.69) is 10.3 Å². The number of nitrogens with one attached hydrogen (secondary N) is 2. The van der Waals surface area contributed by atoms with Gasteiger partial charge in [0, 0.05) is 29.0 Å². The van der Waals surface area contributed by atoms with Crippen LogP contribution in [0.2, 0.25) is 0 Å². The number of carboxylic acids is 1. The molecule has 7 heteroatoms. The molecule has 0 bridgehead atoms. The zero-order valence-electron chi connectivity index (χ0n) is 13.6. The zero-order chi connectivity index (χ0) is 18.7. The molecule has 0 saturated heterocycles. The Morgan fingerprint density at radius 1 is 1.08 bits per heavy atom. The zero-order valence-corrected chi connectivity index (χ0v) is 13.6. The maximum absolute atomic E-state index is 12.3. The van der Waals surface area contributed by atoms with E-state index in [1.165, 1.54) is 30.3 Å². The van der Waals surface area contributed by atoms with Gasteiger partial charge in [0.05, 0.1) is 0 Å². The van der Waals surface area contributed by atoms with Gasteiger partial charge in [-0.3, -0.25) is 9.59 Å². The maximum Gasteiger partial charge on any atom is 0.326 e. The molecule has 3 rings (SSSR count). The quantitative estimate of drug-likeness (QED) is 0.557. The van der Waals surface area contributed by atoms with Crippen LogP contribution in [0.25, 0.3) is 10.9 Å². The number of rotatable bonds is 5. The van der Waals surface area contributed by atoms with E-state index >= 15 is 0 Å². The van der Waals surface area contributed by atoms with Crippen LogP contribution < -0.4 is 10.9 Å². The van der Waals surface area contributed by atoms with E-state index in [4.69, 9.17) is 0 Å². The number of carbonyl (C=O) groups excluding carboxylic acids is 1. The van der Waals surface area contributed by atoms with Crippen LogP contribution in [0.5, 0.6) is 5.75 Å². The number of carboxylic acid groups (broad SMARTS) is 1. The molecule has 0 aliphatic rings. The van der Waals surface area contributed by atoms with Gasteiger partial charge < -0.3 is 20.5 Å². The molecule has 0 aliphatic carbocycles. The van der Waals surface area contributed by atoms with Crippen LogP contribution in [0.4, 0.5) is 0 Å². The van der Waals surface area contributed by atoms with E-state index in [0.717, 1.165) is 5.39 Å². The van der Waals surface area contributed by atoms with E-state index in [0.29, 0.717) is 11.1 Å². The Morgan fingerprint density at radius 2 is 1.77 bits per heavy atom. The third-order valence-corrected chi connectivity index (χ3v) is 3.99. The van der Waals surface area contributed by atoms with Gasteiger partial charge in [-0.05, 0) is 35.9 Å². The van der Waals surface area contributed by atoms with E-state index in [-0.39, 0.29) is 23.3 Å². The fraction of sp³-hybridized carbons (Fsp3) is 0.105. The molecule has 0 spiro atoms. The molecule has 2 aromatic carbocycles. The third-order valence-electron chi connectivity index (χ3n) is 3.99. The number of phenolic OH excluding ortho intramolecular Hbond substituents is 1. The minimum atomic E-state index is -1.21. The first-order valence-corrected chi connectivity index (χ1v) is 7.87. The van der Waals surface area contributed by atoms with Gasteiger partial charge >= 0.3 is 5.97 Å². The van der Waals surface area contributed by atoms with Crippen LogP contribution in [-0.2, 0) is 11.2 Å². The van der Waals surface area contributed by atoms with Crippen molar-refractivity contribution in [3.8, 4) is 5.75 Å². The van der Waals surface area contributed by atoms with Gasteiger partial charge in [0.25, 0.3) is 5.91 Å². The molecule has 1 atom stereocenters. The SMILES string of the molecule is O=C(NC(Cc1cc(=O)[nH]c2ccccc12)C(=O)O)c1ccc(O)cc1. The predicted octanol–water partition coefficient (Wildman–Crippen LogP) is 1.66. The van der Waals surface area contributed by atoms with E-state index in [1.807, 2.05) is 0 Å². The number of hydrogen-bond acceptors (Lipinski definition) is 4. The summed E-state index contributed by atoms with van der Waals surface area (Å²) in [6.45, 7) is 0. The predicted molar refractivity (Wildman–Crippen MR) is 95.3 cm³/mol. The first-order chi connectivity index (χ1) is 12.4. The van der Waals surface area contributed by atoms with Crippen molar-refractivity contribution >= 4 is 22.8 Å². The molecule has 4 N–H and O–H groups in total. The monoisotopic (exact) mass is 352 g/mol. The van der Waals surface area contributed by atoms with Gasteiger partial charge in [-0.15, -0.1) is 0 Å². The summed E-state index contributed by atoms with van der Waals surface area (Å²) < 4.78 is 0. The number of aliphatic carboxylic acids is 1. The van der Waals surface area contributed by atoms with E-state index in [1.54, 1.807) is 24.3 Å². The number of aromatic amines is 1. The van der Waals surface area contributed by atoms with Crippen molar-refractivity contribution in [2.24, 2.45) is 0 Å². The fourth-order valence-electron chi connectivity index (χ4n) is 2.72. The molecule has 26 heavy (non-hydrogen) atoms. The number of fused-ring (bicyclic) bond motifs is 1. The standard InChI is InChI=1S/C19H16N2O5/c22-13-7-5-11(6-8-13)18(24)21-16(19(25)26)9-12-10-17(23)20-15-4-2-1-3-14(12)15/h1-8,10,16,22H,9H2,(H,20,23)(H,21,24)(H,25,26). The van der Waals surface area contributed by atoms with Crippen LogP contribution >= 0.6 is 0 Å². The molecule has 132 valence electrons. The lowest BCUT2D eigenvalue weighted by atomic mass is 10.0. The summed E-state index contributed by atoms with van der Waals surface area (Å²) in [5.41, 5.74) is 1.02. The number of phenols is 1. The van der Waals surface area contributed by atoms with E-state index < -0.39 is 17.9 Å². The average molecular weight is 352 g/mol. The molecular weight excluding hydrogens is 336 g/mol. The van der Waals surface area contributed by atoms with Crippen LogP contribution in [0, 0.1) is 0 Å². The van der Waals surface area contributed by atoms with Crippen molar-refractivity contribution in [3.05, 3.63) is 76.1 Å². The number of pyridine rings is 1. The van der Waals surface area contributed by atoms with Crippen LogP contribution in [0.3, 0.4) is 0 Å². The Kier molecular flexibility index (Phi) is 4.70. The largest absolute Gasteiger partial charge is 0.508 e. The highest BCUT2D eigenvalue weighted by Crippen LogP contribution is 2.17. The lowest BCUT2D eigenvalue weighted by Gasteiger charge is -2.16. The van der Waals surface area contributed by atoms with Gasteiger partial charge in [0.2, 0.25) is 5.56 Å². The maximum atomic E-state index is 12.3. The lowest BCUT2D eigenvalue weighted by Crippen LogP contribution is -2.42. The van der Waals surface area contributed by atoms with Gasteiger partial charge in [-0.1, -0.05) is 18.2 Å². The first-order valence-electron chi connectivity index (χ1n) is 7.87. The van der Waals surface area contributed by atoms with Crippen LogP contribution in [-0.4, -0.2) is 33.1 Å². The number of amides is 1. The fourth-order valence-corrected chi connectivity index (χ4v) is 2.72. The number of aromatic hydroxyl groups is 1. The highest BCUT2D eigenvalue weighted by Gasteiger charge is 2.22. The van der Waals surface area contributed by atoms with Crippen molar-refractivity contribution in [3.63, 3.8) is 0 Å². The molecule has 7 nitrogen and oxygen atoms in total. The summed E-state index contributed by atoms with van der Waals surface area (Å²) in [5.74, 6) is -1.78. The number of H-pyrrole nitrogens is 1. The van der Waals surface area contributed by atoms with Gasteiger partial charge in [0.1, 0.15) is 11.8 Å². The lowest BCUT2D eigenvalue weighted by molar-refractivity contribution is -0.139. The molecule has 0 aliphatic heterocycles. The van der Waals surface area contributed by atoms with Crippen molar-refractivity contribution in [1.29, 1.82) is 0 Å². The first kappa shape index (κ1) is 17.2. The van der Waals surface area contributed by atoms with Crippen molar-refractivity contribution in [2.75, 3.05) is 0 Å². The molecular formula is C19H16N2O5. The molecule has 1 heterocycles. The third kappa shape index (κ3) is 3.72. The van der Waals surface area contributed by atoms with Gasteiger partial charge in [-0.2, -0.15) is 0 Å². The van der Waals surface area contributed by atoms with Gasteiger partial charge in [-0.25, -0.2) is 4.79 Å². The summed E-state index contributed by atoms with van der Waals surface area (Å²) in [6, 6.07) is 12.7. The summed E-state index contributed by atoms with van der Waals surface area (Å²) >= 11 is 0. The second-order valence-electron chi connectivity index (χ2n) is 5.82. The highest BCUT2D eigenvalue weighted by molar-refractivity contribution is 5.97. The molecule has 1 aromatic heterocycles. The molecule has 1 unspecified atom stereocenters. The Hall–Kier alpha value is -3.61.